The third kappa shape index (κ3) is 4.02. The van der Waals surface area contributed by atoms with Gasteiger partial charge in [0.25, 0.3) is 5.56 Å². The number of nitrogens with zero attached hydrogens (tertiary/aromatic N) is 3. The van der Waals surface area contributed by atoms with Crippen LogP contribution in [0.25, 0.3) is 11.7 Å². The largest absolute Gasteiger partial charge is 0.438 e. The molecule has 8 heteroatoms. The van der Waals surface area contributed by atoms with E-state index in [4.69, 9.17) is 4.74 Å². The molecule has 0 aliphatic heterocycles. The summed E-state index contributed by atoms with van der Waals surface area (Å²) in [5, 5.41) is 9.66. The van der Waals surface area contributed by atoms with Gasteiger partial charge in [-0.1, -0.05) is 42.0 Å². The van der Waals surface area contributed by atoms with Crippen LogP contribution in [0.15, 0.2) is 93.6 Å². The summed E-state index contributed by atoms with van der Waals surface area (Å²) in [5.41, 5.74) is 0.487. The molecule has 0 unspecified atom stereocenters. The maximum Gasteiger partial charge on any atom is 0.269 e. The van der Waals surface area contributed by atoms with Crippen LogP contribution in [-0.4, -0.2) is 17.8 Å². The Hall–Kier alpha value is -4.22. The lowest BCUT2D eigenvalue weighted by Crippen LogP contribution is -2.19. The number of nitriles is 1. The second-order valence-corrected chi connectivity index (χ2v) is 8.83. The van der Waals surface area contributed by atoms with Gasteiger partial charge in [-0.25, -0.2) is 8.42 Å². The molecule has 2 aromatic heterocycles. The van der Waals surface area contributed by atoms with E-state index in [1.165, 1.54) is 22.7 Å². The van der Waals surface area contributed by atoms with Gasteiger partial charge in [-0.05, 0) is 49.4 Å². The molecule has 0 spiro atoms. The number of para-hydroxylation sites is 1. The highest BCUT2D eigenvalue weighted by Crippen LogP contribution is 2.26. The predicted molar refractivity (Wildman–Crippen MR) is 120 cm³/mol. The quantitative estimate of drug-likeness (QED) is 0.430. The lowest BCUT2D eigenvalue weighted by molar-refractivity contribution is 0.461. The van der Waals surface area contributed by atoms with E-state index in [0.29, 0.717) is 11.4 Å². The number of allylic oxidation sites excluding steroid dienone is 1. The smallest absolute Gasteiger partial charge is 0.269 e. The molecule has 2 aromatic carbocycles. The van der Waals surface area contributed by atoms with Crippen LogP contribution in [-0.2, 0) is 9.84 Å². The fourth-order valence-corrected chi connectivity index (χ4v) is 4.17. The van der Waals surface area contributed by atoms with Crippen LogP contribution in [0.2, 0.25) is 0 Å². The number of benzene rings is 2. The highest BCUT2D eigenvalue weighted by atomic mass is 32.2. The molecule has 0 atom stereocenters. The Balaban J connectivity index is 1.93. The number of rotatable bonds is 5. The van der Waals surface area contributed by atoms with E-state index >= 15 is 0 Å². The summed E-state index contributed by atoms with van der Waals surface area (Å²) in [6.45, 7) is 1.83. The van der Waals surface area contributed by atoms with Gasteiger partial charge in [0.05, 0.1) is 4.90 Å². The van der Waals surface area contributed by atoms with Crippen LogP contribution in [0.1, 0.15) is 11.1 Å². The van der Waals surface area contributed by atoms with Gasteiger partial charge in [-0.15, -0.1) is 0 Å². The maximum atomic E-state index is 13.2. The SMILES string of the molecule is Cc1ccc(S(=O)(=O)/C(C#N)=C/c2c(Oc3ccccc3)nc3ccccn3c2=O)cc1. The Labute approximate surface area is 184 Å². The monoisotopic (exact) mass is 443 g/mol. The van der Waals surface area contributed by atoms with E-state index < -0.39 is 20.3 Å². The van der Waals surface area contributed by atoms with E-state index in [0.717, 1.165) is 11.6 Å². The summed E-state index contributed by atoms with van der Waals surface area (Å²) >= 11 is 0. The molecule has 32 heavy (non-hydrogen) atoms. The van der Waals surface area contributed by atoms with Crippen LogP contribution in [0.3, 0.4) is 0 Å². The number of pyridine rings is 1. The van der Waals surface area contributed by atoms with Gasteiger partial charge in [-0.3, -0.25) is 9.20 Å². The molecule has 4 aromatic rings. The van der Waals surface area contributed by atoms with Crippen molar-refractivity contribution in [3.05, 3.63) is 105 Å². The summed E-state index contributed by atoms with van der Waals surface area (Å²) in [7, 11) is -4.16. The lowest BCUT2D eigenvalue weighted by Gasteiger charge is -2.10. The number of sulfone groups is 1. The van der Waals surface area contributed by atoms with E-state index in [-0.39, 0.29) is 16.3 Å². The fraction of sp³-hybridized carbons (Fsp3) is 0.0417. The second kappa shape index (κ2) is 8.49. The highest BCUT2D eigenvalue weighted by Gasteiger charge is 2.23. The van der Waals surface area contributed by atoms with E-state index in [1.807, 2.05) is 6.92 Å². The summed E-state index contributed by atoms with van der Waals surface area (Å²) in [6, 6.07) is 21.5. The first-order valence-corrected chi connectivity index (χ1v) is 11.1. The fourth-order valence-electron chi connectivity index (χ4n) is 3.03. The van der Waals surface area contributed by atoms with Crippen molar-refractivity contribution >= 4 is 21.6 Å². The maximum absolute atomic E-state index is 13.2. The van der Waals surface area contributed by atoms with Gasteiger partial charge in [0.1, 0.15) is 27.9 Å². The number of ether oxygens (including phenoxy) is 1. The van der Waals surface area contributed by atoms with E-state index in [9.17, 15) is 18.5 Å². The topological polar surface area (TPSA) is 102 Å². The molecule has 0 amide bonds. The van der Waals surface area contributed by atoms with Crippen LogP contribution in [0, 0.1) is 18.3 Å². The van der Waals surface area contributed by atoms with Crippen LogP contribution in [0.5, 0.6) is 11.6 Å². The van der Waals surface area contributed by atoms with Gasteiger partial charge >= 0.3 is 0 Å². The summed E-state index contributed by atoms with van der Waals surface area (Å²) in [4.78, 5) is 16.9. The third-order valence-electron chi connectivity index (χ3n) is 4.70. The molecule has 4 rings (SSSR count). The van der Waals surface area contributed by atoms with Crippen molar-refractivity contribution < 1.29 is 13.2 Å². The molecule has 0 saturated heterocycles. The van der Waals surface area contributed by atoms with E-state index in [1.54, 1.807) is 66.7 Å². The summed E-state index contributed by atoms with van der Waals surface area (Å²) < 4.78 is 33.2. The number of aryl methyl sites for hydroxylation is 1. The van der Waals surface area contributed by atoms with Gasteiger partial charge in [0, 0.05) is 6.20 Å². The molecule has 0 aliphatic carbocycles. The van der Waals surface area contributed by atoms with Crippen LogP contribution in [0.4, 0.5) is 0 Å². The third-order valence-corrected chi connectivity index (χ3v) is 6.38. The lowest BCUT2D eigenvalue weighted by atomic mass is 10.2. The Morgan fingerprint density at radius 3 is 2.41 bits per heavy atom. The summed E-state index contributed by atoms with van der Waals surface area (Å²) in [5.74, 6) is 0.313. The molecular weight excluding hydrogens is 426 g/mol. The zero-order valence-electron chi connectivity index (χ0n) is 17.0. The zero-order chi connectivity index (χ0) is 22.7. The van der Waals surface area contributed by atoms with Gasteiger partial charge < -0.3 is 4.74 Å². The number of aromatic nitrogens is 2. The molecule has 0 N–H and O–H groups in total. The molecule has 158 valence electrons. The Kier molecular flexibility index (Phi) is 5.58. The first-order chi connectivity index (χ1) is 15.4. The predicted octanol–water partition coefficient (Wildman–Crippen LogP) is 4.13. The van der Waals surface area contributed by atoms with Crippen molar-refractivity contribution in [3.8, 4) is 17.7 Å². The number of hydrogen-bond donors (Lipinski definition) is 0. The first-order valence-electron chi connectivity index (χ1n) is 9.58. The van der Waals surface area contributed by atoms with Crippen molar-refractivity contribution in [2.45, 2.75) is 11.8 Å². The van der Waals surface area contributed by atoms with Crippen molar-refractivity contribution in [3.63, 3.8) is 0 Å². The van der Waals surface area contributed by atoms with Crippen molar-refractivity contribution in [1.29, 1.82) is 5.26 Å². The van der Waals surface area contributed by atoms with Gasteiger partial charge in [0.2, 0.25) is 15.7 Å². The van der Waals surface area contributed by atoms with Crippen LogP contribution >= 0.6 is 0 Å². The molecular formula is C24H17N3O4S. The average Bonchev–Trinajstić information content (AvgIpc) is 2.80. The summed E-state index contributed by atoms with van der Waals surface area (Å²) in [6.07, 6.45) is 2.52. The van der Waals surface area contributed by atoms with Crippen LogP contribution < -0.4 is 10.3 Å². The van der Waals surface area contributed by atoms with E-state index in [2.05, 4.69) is 4.98 Å². The zero-order valence-corrected chi connectivity index (χ0v) is 17.8. The van der Waals surface area contributed by atoms with Crippen molar-refractivity contribution in [2.75, 3.05) is 0 Å². The normalized spacial score (nSPS) is 11.8. The number of hydrogen-bond acceptors (Lipinski definition) is 6. The van der Waals surface area contributed by atoms with Crippen molar-refractivity contribution in [2.24, 2.45) is 0 Å². The Morgan fingerprint density at radius 1 is 1.03 bits per heavy atom. The molecule has 0 saturated carbocycles. The molecule has 0 radical (unpaired) electrons. The highest BCUT2D eigenvalue weighted by molar-refractivity contribution is 7.95. The Morgan fingerprint density at radius 2 is 1.72 bits per heavy atom. The minimum Gasteiger partial charge on any atom is -0.438 e. The molecule has 7 nitrogen and oxygen atoms in total. The minimum absolute atomic E-state index is 0.0460. The molecule has 2 heterocycles. The minimum atomic E-state index is -4.16. The molecule has 0 bridgehead atoms. The van der Waals surface area contributed by atoms with Gasteiger partial charge in [-0.2, -0.15) is 10.2 Å². The molecule has 0 aliphatic rings. The number of fused-ring (bicyclic) bond motifs is 1. The average molecular weight is 443 g/mol. The van der Waals surface area contributed by atoms with Gasteiger partial charge in [0.15, 0.2) is 0 Å². The standard InChI is InChI=1S/C24H17N3O4S/c1-17-10-12-19(13-11-17)32(29,30)20(16-25)15-21-23(31-18-7-3-2-4-8-18)26-22-9-5-6-14-27(22)24(21)28/h2-15H,1H3/b20-15+. The second-order valence-electron chi connectivity index (χ2n) is 6.92. The van der Waals surface area contributed by atoms with Crippen molar-refractivity contribution in [1.82, 2.24) is 9.38 Å². The molecule has 0 fully saturated rings. The Bertz CT molecular complexity index is 1530. The first kappa shape index (κ1) is 21.0.